The minimum absolute atomic E-state index is 0.270. The van der Waals surface area contributed by atoms with E-state index in [-0.39, 0.29) is 6.03 Å². The van der Waals surface area contributed by atoms with Gasteiger partial charge in [-0.2, -0.15) is 0 Å². The highest BCUT2D eigenvalue weighted by Crippen LogP contribution is 2.21. The van der Waals surface area contributed by atoms with E-state index < -0.39 is 0 Å². The van der Waals surface area contributed by atoms with E-state index in [2.05, 4.69) is 15.6 Å². The Morgan fingerprint density at radius 2 is 2.09 bits per heavy atom. The number of anilines is 1. The zero-order valence-electron chi connectivity index (χ0n) is 13.6. The minimum atomic E-state index is -0.270. The third-order valence-corrected chi connectivity index (χ3v) is 3.22. The highest BCUT2D eigenvalue weighted by Gasteiger charge is 2.06. The SMILES string of the molecule is CCOc1ccc(NC(=O)NCc2ccnc(OC)c2)c(C)c1. The van der Waals surface area contributed by atoms with Crippen LogP contribution in [0.2, 0.25) is 0 Å². The highest BCUT2D eigenvalue weighted by molar-refractivity contribution is 5.90. The topological polar surface area (TPSA) is 72.5 Å². The number of aromatic nitrogens is 1. The maximum absolute atomic E-state index is 12.0. The summed E-state index contributed by atoms with van der Waals surface area (Å²) in [6.07, 6.45) is 1.64. The van der Waals surface area contributed by atoms with Gasteiger partial charge in [-0.15, -0.1) is 0 Å². The fraction of sp³-hybridized carbons (Fsp3) is 0.294. The standard InChI is InChI=1S/C17H21N3O3/c1-4-23-14-5-6-15(12(2)9-14)20-17(21)19-11-13-7-8-18-16(10-13)22-3/h5-10H,4,11H2,1-3H3,(H2,19,20,21). The van der Waals surface area contributed by atoms with E-state index in [1.54, 1.807) is 19.4 Å². The normalized spacial score (nSPS) is 10.0. The zero-order valence-corrected chi connectivity index (χ0v) is 13.6. The van der Waals surface area contributed by atoms with Gasteiger partial charge in [-0.3, -0.25) is 0 Å². The van der Waals surface area contributed by atoms with Crippen LogP contribution in [0, 0.1) is 6.92 Å². The molecule has 0 radical (unpaired) electrons. The molecule has 0 fully saturated rings. The number of rotatable bonds is 6. The van der Waals surface area contributed by atoms with E-state index in [1.807, 2.05) is 38.1 Å². The molecule has 6 heteroatoms. The van der Waals surface area contributed by atoms with E-state index >= 15 is 0 Å². The first kappa shape index (κ1) is 16.6. The molecule has 2 amide bonds. The van der Waals surface area contributed by atoms with Gasteiger partial charge in [-0.25, -0.2) is 9.78 Å². The molecule has 23 heavy (non-hydrogen) atoms. The van der Waals surface area contributed by atoms with Crippen LogP contribution in [0.3, 0.4) is 0 Å². The van der Waals surface area contributed by atoms with Crippen molar-refractivity contribution in [1.29, 1.82) is 0 Å². The van der Waals surface area contributed by atoms with Crippen molar-refractivity contribution in [2.45, 2.75) is 20.4 Å². The van der Waals surface area contributed by atoms with E-state index in [0.717, 1.165) is 22.6 Å². The number of amides is 2. The summed E-state index contributed by atoms with van der Waals surface area (Å²) in [7, 11) is 1.56. The van der Waals surface area contributed by atoms with Gasteiger partial charge in [0.2, 0.25) is 5.88 Å². The van der Waals surface area contributed by atoms with Gasteiger partial charge in [-0.1, -0.05) is 0 Å². The third kappa shape index (κ3) is 4.88. The fourth-order valence-corrected chi connectivity index (χ4v) is 2.05. The van der Waals surface area contributed by atoms with Crippen molar-refractivity contribution in [2.24, 2.45) is 0 Å². The summed E-state index contributed by atoms with van der Waals surface area (Å²) in [6.45, 7) is 4.86. The molecular formula is C17H21N3O3. The molecule has 2 rings (SSSR count). The molecule has 0 saturated carbocycles. The lowest BCUT2D eigenvalue weighted by Gasteiger charge is -2.12. The van der Waals surface area contributed by atoms with Crippen LogP contribution in [0.1, 0.15) is 18.1 Å². The molecule has 6 nitrogen and oxygen atoms in total. The van der Waals surface area contributed by atoms with Crippen LogP contribution >= 0.6 is 0 Å². The van der Waals surface area contributed by atoms with Crippen molar-refractivity contribution >= 4 is 11.7 Å². The zero-order chi connectivity index (χ0) is 16.7. The minimum Gasteiger partial charge on any atom is -0.494 e. The number of ether oxygens (including phenoxy) is 2. The highest BCUT2D eigenvalue weighted by atomic mass is 16.5. The number of aryl methyl sites for hydroxylation is 1. The summed E-state index contributed by atoms with van der Waals surface area (Å²) in [6, 6.07) is 8.89. The van der Waals surface area contributed by atoms with Gasteiger partial charge in [0.25, 0.3) is 0 Å². The number of hydrogen-bond acceptors (Lipinski definition) is 4. The van der Waals surface area contributed by atoms with Gasteiger partial charge >= 0.3 is 6.03 Å². The Bertz CT molecular complexity index is 674. The first-order chi connectivity index (χ1) is 11.1. The van der Waals surface area contributed by atoms with Gasteiger partial charge < -0.3 is 20.1 Å². The van der Waals surface area contributed by atoms with Crippen LogP contribution < -0.4 is 20.1 Å². The molecule has 2 N–H and O–H groups in total. The summed E-state index contributed by atoms with van der Waals surface area (Å²) in [5.74, 6) is 1.31. The first-order valence-corrected chi connectivity index (χ1v) is 7.39. The largest absolute Gasteiger partial charge is 0.494 e. The number of urea groups is 1. The number of nitrogens with zero attached hydrogens (tertiary/aromatic N) is 1. The molecule has 0 aliphatic heterocycles. The quantitative estimate of drug-likeness (QED) is 0.859. The average molecular weight is 315 g/mol. The number of nitrogens with one attached hydrogen (secondary N) is 2. The molecule has 1 aromatic heterocycles. The summed E-state index contributed by atoms with van der Waals surface area (Å²) >= 11 is 0. The van der Waals surface area contributed by atoms with Gasteiger partial charge in [0, 0.05) is 24.5 Å². The summed E-state index contributed by atoms with van der Waals surface area (Å²) in [4.78, 5) is 16.0. The Balaban J connectivity index is 1.91. The molecule has 0 aliphatic rings. The Hall–Kier alpha value is -2.76. The second kappa shape index (κ2) is 8.03. The Morgan fingerprint density at radius 1 is 1.26 bits per heavy atom. The number of carbonyl (C=O) groups excluding carboxylic acids is 1. The Kier molecular flexibility index (Phi) is 5.80. The third-order valence-electron chi connectivity index (χ3n) is 3.22. The van der Waals surface area contributed by atoms with Gasteiger partial charge in [0.1, 0.15) is 5.75 Å². The van der Waals surface area contributed by atoms with E-state index in [9.17, 15) is 4.79 Å². The molecule has 0 unspecified atom stereocenters. The predicted octanol–water partition coefficient (Wildman–Crippen LogP) is 3.12. The lowest BCUT2D eigenvalue weighted by atomic mass is 10.2. The summed E-state index contributed by atoms with van der Waals surface area (Å²) in [5, 5.41) is 5.63. The summed E-state index contributed by atoms with van der Waals surface area (Å²) in [5.41, 5.74) is 2.60. The molecule has 122 valence electrons. The Morgan fingerprint density at radius 3 is 2.78 bits per heavy atom. The second-order valence-electron chi connectivity index (χ2n) is 4.92. The number of carbonyl (C=O) groups is 1. The Labute approximate surface area is 135 Å². The van der Waals surface area contributed by atoms with Crippen molar-refractivity contribution < 1.29 is 14.3 Å². The fourth-order valence-electron chi connectivity index (χ4n) is 2.05. The van der Waals surface area contributed by atoms with Crippen molar-refractivity contribution in [3.63, 3.8) is 0 Å². The monoisotopic (exact) mass is 315 g/mol. The van der Waals surface area contributed by atoms with Crippen LogP contribution in [-0.4, -0.2) is 24.7 Å². The predicted molar refractivity (Wildman–Crippen MR) is 89.0 cm³/mol. The number of benzene rings is 1. The molecule has 0 saturated heterocycles. The van der Waals surface area contributed by atoms with Crippen LogP contribution in [0.5, 0.6) is 11.6 Å². The maximum Gasteiger partial charge on any atom is 0.319 e. The van der Waals surface area contributed by atoms with E-state index in [1.165, 1.54) is 0 Å². The van der Waals surface area contributed by atoms with Crippen molar-refractivity contribution in [3.05, 3.63) is 47.7 Å². The van der Waals surface area contributed by atoms with Crippen LogP contribution in [-0.2, 0) is 6.54 Å². The van der Waals surface area contributed by atoms with Crippen molar-refractivity contribution in [3.8, 4) is 11.6 Å². The van der Waals surface area contributed by atoms with Crippen molar-refractivity contribution in [2.75, 3.05) is 19.0 Å². The summed E-state index contributed by atoms with van der Waals surface area (Å²) < 4.78 is 10.5. The van der Waals surface area contributed by atoms with Gasteiger partial charge in [0.15, 0.2) is 0 Å². The molecule has 2 aromatic rings. The lowest BCUT2D eigenvalue weighted by molar-refractivity contribution is 0.251. The lowest BCUT2D eigenvalue weighted by Crippen LogP contribution is -2.28. The van der Waals surface area contributed by atoms with Gasteiger partial charge in [-0.05, 0) is 49.2 Å². The van der Waals surface area contributed by atoms with E-state index in [4.69, 9.17) is 9.47 Å². The van der Waals surface area contributed by atoms with Crippen LogP contribution in [0.25, 0.3) is 0 Å². The second-order valence-corrected chi connectivity index (χ2v) is 4.92. The average Bonchev–Trinajstić information content (AvgIpc) is 2.56. The molecule has 0 aliphatic carbocycles. The number of hydrogen-bond donors (Lipinski definition) is 2. The van der Waals surface area contributed by atoms with Gasteiger partial charge in [0.05, 0.1) is 13.7 Å². The first-order valence-electron chi connectivity index (χ1n) is 7.39. The molecular weight excluding hydrogens is 294 g/mol. The number of methoxy groups -OCH3 is 1. The maximum atomic E-state index is 12.0. The molecule has 0 atom stereocenters. The smallest absolute Gasteiger partial charge is 0.319 e. The van der Waals surface area contributed by atoms with E-state index in [0.29, 0.717) is 19.0 Å². The molecule has 0 bridgehead atoms. The number of pyridine rings is 1. The molecule has 1 heterocycles. The van der Waals surface area contributed by atoms with Crippen LogP contribution in [0.4, 0.5) is 10.5 Å². The molecule has 1 aromatic carbocycles. The van der Waals surface area contributed by atoms with Crippen LogP contribution in [0.15, 0.2) is 36.5 Å². The molecule has 0 spiro atoms. The van der Waals surface area contributed by atoms with Crippen molar-refractivity contribution in [1.82, 2.24) is 10.3 Å².